The number of carbonyl (C=O) groups is 2. The van der Waals surface area contributed by atoms with Crippen LogP contribution in [-0.4, -0.2) is 46.6 Å². The Labute approximate surface area is 153 Å². The van der Waals surface area contributed by atoms with Crippen LogP contribution in [0.4, 0.5) is 0 Å². The molecule has 1 amide bonds. The summed E-state index contributed by atoms with van der Waals surface area (Å²) in [6.07, 6.45) is 4.98. The van der Waals surface area contributed by atoms with Crippen LogP contribution in [0.15, 0.2) is 36.7 Å². The Morgan fingerprint density at radius 3 is 2.73 bits per heavy atom. The highest BCUT2D eigenvalue weighted by Crippen LogP contribution is 2.26. The van der Waals surface area contributed by atoms with Crippen molar-refractivity contribution in [3.63, 3.8) is 0 Å². The summed E-state index contributed by atoms with van der Waals surface area (Å²) in [7, 11) is 1.56. The summed E-state index contributed by atoms with van der Waals surface area (Å²) in [5, 5.41) is 4.24. The van der Waals surface area contributed by atoms with E-state index < -0.39 is 0 Å². The number of rotatable bonds is 5. The second-order valence-corrected chi connectivity index (χ2v) is 6.96. The van der Waals surface area contributed by atoms with Crippen LogP contribution in [0.2, 0.25) is 0 Å². The summed E-state index contributed by atoms with van der Waals surface area (Å²) >= 11 is 0. The first-order valence-electron chi connectivity index (χ1n) is 9.02. The number of ketones is 1. The highest BCUT2D eigenvalue weighted by atomic mass is 16.5. The first kappa shape index (κ1) is 18.2. The summed E-state index contributed by atoms with van der Waals surface area (Å²) in [6.45, 7) is 5.14. The van der Waals surface area contributed by atoms with Gasteiger partial charge in [0.05, 0.1) is 24.4 Å². The van der Waals surface area contributed by atoms with Crippen molar-refractivity contribution < 1.29 is 14.3 Å². The van der Waals surface area contributed by atoms with Crippen molar-refractivity contribution in [2.24, 2.45) is 5.92 Å². The Hall–Kier alpha value is -2.63. The number of hydrogen-bond acceptors (Lipinski definition) is 4. The maximum atomic E-state index is 12.9. The van der Waals surface area contributed by atoms with E-state index in [1.54, 1.807) is 41.2 Å². The molecule has 1 aliphatic rings. The van der Waals surface area contributed by atoms with E-state index in [-0.39, 0.29) is 23.7 Å². The van der Waals surface area contributed by atoms with Gasteiger partial charge >= 0.3 is 0 Å². The largest absolute Gasteiger partial charge is 0.496 e. The average Bonchev–Trinajstić information content (AvgIpc) is 3.17. The van der Waals surface area contributed by atoms with Gasteiger partial charge in [0.2, 0.25) is 0 Å². The van der Waals surface area contributed by atoms with Crippen LogP contribution in [0.1, 0.15) is 53.4 Å². The Morgan fingerprint density at radius 2 is 2.04 bits per heavy atom. The zero-order valence-electron chi connectivity index (χ0n) is 15.5. The number of carbonyl (C=O) groups excluding carboxylic acids is 2. The molecular weight excluding hydrogens is 330 g/mol. The van der Waals surface area contributed by atoms with Gasteiger partial charge in [0.25, 0.3) is 5.91 Å². The number of ether oxygens (including phenoxy) is 1. The molecular formula is C20H25N3O3. The van der Waals surface area contributed by atoms with Gasteiger partial charge in [-0.2, -0.15) is 5.10 Å². The van der Waals surface area contributed by atoms with Crippen molar-refractivity contribution >= 4 is 11.7 Å². The Kier molecular flexibility index (Phi) is 5.40. The van der Waals surface area contributed by atoms with Gasteiger partial charge in [-0.1, -0.05) is 12.1 Å². The lowest BCUT2D eigenvalue weighted by Gasteiger charge is -2.32. The molecule has 138 valence electrons. The fourth-order valence-electron chi connectivity index (χ4n) is 3.36. The van der Waals surface area contributed by atoms with E-state index in [1.165, 1.54) is 0 Å². The molecule has 2 aromatic rings. The van der Waals surface area contributed by atoms with Crippen molar-refractivity contribution in [1.29, 1.82) is 0 Å². The van der Waals surface area contributed by atoms with Crippen molar-refractivity contribution in [3.05, 3.63) is 47.8 Å². The number of benzene rings is 1. The Bertz CT molecular complexity index is 797. The number of hydrogen-bond donors (Lipinski definition) is 0. The number of amides is 1. The quantitative estimate of drug-likeness (QED) is 0.773. The van der Waals surface area contributed by atoms with E-state index >= 15 is 0 Å². The van der Waals surface area contributed by atoms with Gasteiger partial charge < -0.3 is 9.64 Å². The van der Waals surface area contributed by atoms with E-state index in [0.29, 0.717) is 30.0 Å². The molecule has 2 heterocycles. The topological polar surface area (TPSA) is 64.4 Å². The van der Waals surface area contributed by atoms with Crippen molar-refractivity contribution in [3.8, 4) is 5.75 Å². The van der Waals surface area contributed by atoms with E-state index in [2.05, 4.69) is 5.10 Å². The molecule has 0 spiro atoms. The molecule has 6 nitrogen and oxygen atoms in total. The van der Waals surface area contributed by atoms with Gasteiger partial charge in [-0.05, 0) is 38.8 Å². The minimum absolute atomic E-state index is 0.0397. The maximum Gasteiger partial charge on any atom is 0.257 e. The smallest absolute Gasteiger partial charge is 0.257 e. The number of para-hydroxylation sites is 1. The molecule has 1 aromatic carbocycles. The standard InChI is InChI=1S/C20H25N3O3/c1-14(2)23-13-16(11-21-23)20(25)22-10-6-7-15(12-22)19(24)17-8-4-5-9-18(17)26-3/h4-5,8-9,11,13-15H,6-7,10,12H2,1-3H3/t15-/m1/s1. The molecule has 0 bridgehead atoms. The second-order valence-electron chi connectivity index (χ2n) is 6.96. The van der Waals surface area contributed by atoms with Gasteiger partial charge in [-0.15, -0.1) is 0 Å². The Morgan fingerprint density at radius 1 is 1.27 bits per heavy atom. The number of nitrogens with zero attached hydrogens (tertiary/aromatic N) is 3. The van der Waals surface area contributed by atoms with Crippen LogP contribution in [-0.2, 0) is 0 Å². The van der Waals surface area contributed by atoms with Gasteiger partial charge in [0.1, 0.15) is 5.75 Å². The molecule has 3 rings (SSSR count). The molecule has 1 atom stereocenters. The predicted molar refractivity (Wildman–Crippen MR) is 98.6 cm³/mol. The van der Waals surface area contributed by atoms with Crippen LogP contribution in [0, 0.1) is 5.92 Å². The van der Waals surface area contributed by atoms with Crippen LogP contribution < -0.4 is 4.74 Å². The highest BCUT2D eigenvalue weighted by Gasteiger charge is 2.31. The van der Waals surface area contributed by atoms with E-state index in [0.717, 1.165) is 12.8 Å². The minimum atomic E-state index is -0.204. The average molecular weight is 355 g/mol. The molecule has 0 unspecified atom stereocenters. The fraction of sp³-hybridized carbons (Fsp3) is 0.450. The third kappa shape index (κ3) is 3.64. The number of likely N-dealkylation sites (tertiary alicyclic amines) is 1. The summed E-state index contributed by atoms with van der Waals surface area (Å²) in [6, 6.07) is 7.46. The molecule has 26 heavy (non-hydrogen) atoms. The number of piperidine rings is 1. The van der Waals surface area contributed by atoms with Gasteiger partial charge in [0, 0.05) is 31.2 Å². The molecule has 6 heteroatoms. The van der Waals surface area contributed by atoms with E-state index in [9.17, 15) is 9.59 Å². The van der Waals surface area contributed by atoms with Gasteiger partial charge in [-0.25, -0.2) is 0 Å². The SMILES string of the molecule is COc1ccccc1C(=O)[C@@H]1CCCN(C(=O)c2cnn(C(C)C)c2)C1. The third-order valence-corrected chi connectivity index (χ3v) is 4.83. The van der Waals surface area contributed by atoms with Gasteiger partial charge in [0.15, 0.2) is 5.78 Å². The molecule has 0 radical (unpaired) electrons. The van der Waals surface area contributed by atoms with E-state index in [4.69, 9.17) is 4.74 Å². The van der Waals surface area contributed by atoms with Crippen molar-refractivity contribution in [1.82, 2.24) is 14.7 Å². The molecule has 1 fully saturated rings. The monoisotopic (exact) mass is 355 g/mol. The molecule has 0 N–H and O–H groups in total. The van der Waals surface area contributed by atoms with Crippen LogP contribution in [0.3, 0.4) is 0 Å². The Balaban J connectivity index is 1.74. The summed E-state index contributed by atoms with van der Waals surface area (Å²) in [5.41, 5.74) is 1.16. The van der Waals surface area contributed by atoms with Gasteiger partial charge in [-0.3, -0.25) is 14.3 Å². The number of methoxy groups -OCH3 is 1. The molecule has 0 saturated carbocycles. The van der Waals surface area contributed by atoms with Crippen molar-refractivity contribution in [2.75, 3.05) is 20.2 Å². The molecule has 0 aliphatic carbocycles. The first-order valence-corrected chi connectivity index (χ1v) is 9.02. The van der Waals surface area contributed by atoms with E-state index in [1.807, 2.05) is 26.0 Å². The highest BCUT2D eigenvalue weighted by molar-refractivity contribution is 6.01. The summed E-state index contributed by atoms with van der Waals surface area (Å²) in [5.74, 6) is 0.357. The fourth-order valence-corrected chi connectivity index (χ4v) is 3.36. The molecule has 1 saturated heterocycles. The predicted octanol–water partition coefficient (Wildman–Crippen LogP) is 3.21. The lowest BCUT2D eigenvalue weighted by molar-refractivity contribution is 0.0636. The number of Topliss-reactive ketones (excluding diaryl/α,β-unsaturated/α-hetero) is 1. The molecule has 1 aliphatic heterocycles. The third-order valence-electron chi connectivity index (χ3n) is 4.83. The van der Waals surface area contributed by atoms with Crippen LogP contribution in [0.5, 0.6) is 5.75 Å². The first-order chi connectivity index (χ1) is 12.5. The number of aromatic nitrogens is 2. The summed E-state index contributed by atoms with van der Waals surface area (Å²) in [4.78, 5) is 27.5. The van der Waals surface area contributed by atoms with Crippen molar-refractivity contribution in [2.45, 2.75) is 32.7 Å². The second kappa shape index (κ2) is 7.72. The zero-order chi connectivity index (χ0) is 18.7. The van der Waals surface area contributed by atoms with Crippen LogP contribution >= 0.6 is 0 Å². The molecule has 1 aromatic heterocycles. The zero-order valence-corrected chi connectivity index (χ0v) is 15.5. The lowest BCUT2D eigenvalue weighted by Crippen LogP contribution is -2.42. The normalized spacial score (nSPS) is 17.4. The maximum absolute atomic E-state index is 12.9. The lowest BCUT2D eigenvalue weighted by atomic mass is 9.89. The minimum Gasteiger partial charge on any atom is -0.496 e. The van der Waals surface area contributed by atoms with Crippen LogP contribution in [0.25, 0.3) is 0 Å². The summed E-state index contributed by atoms with van der Waals surface area (Å²) < 4.78 is 7.09.